The van der Waals surface area contributed by atoms with Gasteiger partial charge in [0, 0.05) is 24.3 Å². The molecule has 0 aromatic heterocycles. The smallest absolute Gasteiger partial charge is 0.327 e. The van der Waals surface area contributed by atoms with Crippen molar-refractivity contribution in [1.82, 2.24) is 0 Å². The van der Waals surface area contributed by atoms with Crippen LogP contribution >= 0.6 is 29.2 Å². The fourth-order valence-corrected chi connectivity index (χ4v) is 4.55. The molecular formula is C14H31O4PS2. The van der Waals surface area contributed by atoms with Crippen molar-refractivity contribution in [3.8, 4) is 0 Å². The molecule has 0 fully saturated rings. The Morgan fingerprint density at radius 3 is 1.95 bits per heavy atom. The average molecular weight is 359 g/mol. The van der Waals surface area contributed by atoms with Crippen LogP contribution in [0.5, 0.6) is 0 Å². The van der Waals surface area contributed by atoms with Crippen molar-refractivity contribution in [3.63, 3.8) is 0 Å². The maximum atomic E-state index is 11.2. The maximum Gasteiger partial charge on any atom is 0.327 e. The maximum absolute atomic E-state index is 11.2. The normalized spacial score (nSPS) is 14.2. The molecule has 0 saturated heterocycles. The molecule has 0 aromatic rings. The highest BCUT2D eigenvalue weighted by Crippen LogP contribution is 2.41. The Morgan fingerprint density at radius 2 is 1.43 bits per heavy atom. The predicted molar refractivity (Wildman–Crippen MR) is 95.3 cm³/mol. The number of hydrogen-bond donors (Lipinski definition) is 2. The van der Waals surface area contributed by atoms with Crippen molar-refractivity contribution in [3.05, 3.63) is 0 Å². The molecule has 0 amide bonds. The monoisotopic (exact) mass is 358 g/mol. The van der Waals surface area contributed by atoms with E-state index in [-0.39, 0.29) is 6.16 Å². The summed E-state index contributed by atoms with van der Waals surface area (Å²) in [7, 11) is 0.606. The molecule has 128 valence electrons. The zero-order valence-corrected chi connectivity index (χ0v) is 15.7. The third-order valence-electron chi connectivity index (χ3n) is 3.03. The van der Waals surface area contributed by atoms with Gasteiger partial charge in [0.2, 0.25) is 0 Å². The average Bonchev–Trinajstić information content (AvgIpc) is 2.47. The van der Waals surface area contributed by atoms with Gasteiger partial charge >= 0.3 is 7.60 Å². The molecule has 0 saturated carbocycles. The zero-order valence-electron chi connectivity index (χ0n) is 13.2. The SMILES string of the molecule is CCP(=O)(O)OCCCCCCSSCCCCCCO. The standard InChI is InChI=1S/C14H31O4PS2/c1-2-19(16,17)18-12-8-4-6-10-14-21-20-13-9-5-3-7-11-15/h15H,2-14H2,1H3,(H,16,17). The summed E-state index contributed by atoms with van der Waals surface area (Å²) in [5.74, 6) is 2.38. The topological polar surface area (TPSA) is 66.8 Å². The van der Waals surface area contributed by atoms with Gasteiger partial charge in [0.05, 0.1) is 6.61 Å². The van der Waals surface area contributed by atoms with Gasteiger partial charge in [-0.15, -0.1) is 0 Å². The van der Waals surface area contributed by atoms with Crippen LogP contribution in [0, 0.1) is 0 Å². The highest BCUT2D eigenvalue weighted by Gasteiger charge is 2.14. The van der Waals surface area contributed by atoms with E-state index in [0.29, 0.717) is 13.2 Å². The van der Waals surface area contributed by atoms with Crippen LogP contribution in [0.4, 0.5) is 0 Å². The van der Waals surface area contributed by atoms with E-state index in [0.717, 1.165) is 32.1 Å². The highest BCUT2D eigenvalue weighted by atomic mass is 33.1. The Hall–Kier alpha value is 0.810. The van der Waals surface area contributed by atoms with E-state index < -0.39 is 7.60 Å². The molecule has 0 radical (unpaired) electrons. The van der Waals surface area contributed by atoms with Crippen LogP contribution in [-0.2, 0) is 9.09 Å². The molecule has 4 nitrogen and oxygen atoms in total. The lowest BCUT2D eigenvalue weighted by Crippen LogP contribution is -1.95. The first-order valence-corrected chi connectivity index (χ1v) is 12.2. The zero-order chi connectivity index (χ0) is 15.8. The molecule has 0 heterocycles. The van der Waals surface area contributed by atoms with Gasteiger partial charge in [0.1, 0.15) is 0 Å². The summed E-state index contributed by atoms with van der Waals surface area (Å²) in [5, 5.41) is 8.65. The first-order valence-electron chi connectivity index (χ1n) is 7.94. The Labute approximate surface area is 137 Å². The summed E-state index contributed by atoms with van der Waals surface area (Å²) >= 11 is 0. The fraction of sp³-hybridized carbons (Fsp3) is 1.00. The van der Waals surface area contributed by atoms with Gasteiger partial charge in [0.15, 0.2) is 0 Å². The summed E-state index contributed by atoms with van der Waals surface area (Å²) in [4.78, 5) is 9.23. The molecular weight excluding hydrogens is 327 g/mol. The van der Waals surface area contributed by atoms with Gasteiger partial charge in [-0.1, -0.05) is 54.2 Å². The number of aliphatic hydroxyl groups is 1. The molecule has 0 bridgehead atoms. The van der Waals surface area contributed by atoms with Gasteiger partial charge in [-0.3, -0.25) is 4.57 Å². The largest absolute Gasteiger partial charge is 0.396 e. The van der Waals surface area contributed by atoms with Crippen LogP contribution in [0.25, 0.3) is 0 Å². The lowest BCUT2D eigenvalue weighted by molar-refractivity contribution is 0.254. The van der Waals surface area contributed by atoms with Gasteiger partial charge < -0.3 is 14.5 Å². The molecule has 1 atom stereocenters. The number of unbranched alkanes of at least 4 members (excludes halogenated alkanes) is 6. The summed E-state index contributed by atoms with van der Waals surface area (Å²) in [6, 6.07) is 0. The Morgan fingerprint density at radius 1 is 0.905 bits per heavy atom. The number of rotatable bonds is 16. The van der Waals surface area contributed by atoms with E-state index in [4.69, 9.17) is 9.63 Å². The number of aliphatic hydroxyl groups excluding tert-OH is 1. The molecule has 0 aliphatic carbocycles. The Kier molecular flexibility index (Phi) is 16.3. The Bertz CT molecular complexity index is 267. The second-order valence-corrected chi connectivity index (χ2v) is 9.85. The summed E-state index contributed by atoms with van der Waals surface area (Å²) < 4.78 is 16.2. The molecule has 0 aliphatic rings. The van der Waals surface area contributed by atoms with E-state index in [1.807, 2.05) is 21.6 Å². The lowest BCUT2D eigenvalue weighted by atomic mass is 10.2. The van der Waals surface area contributed by atoms with Crippen LogP contribution in [0.1, 0.15) is 58.3 Å². The van der Waals surface area contributed by atoms with Crippen LogP contribution in [0.2, 0.25) is 0 Å². The van der Waals surface area contributed by atoms with Crippen molar-refractivity contribution in [1.29, 1.82) is 0 Å². The van der Waals surface area contributed by atoms with E-state index in [2.05, 4.69) is 0 Å². The molecule has 0 aromatic carbocycles. The summed E-state index contributed by atoms with van der Waals surface area (Å²) in [5.41, 5.74) is 0. The van der Waals surface area contributed by atoms with Gasteiger partial charge in [-0.05, 0) is 25.7 Å². The quantitative estimate of drug-likeness (QED) is 0.237. The van der Waals surface area contributed by atoms with Crippen molar-refractivity contribution >= 4 is 29.2 Å². The first kappa shape index (κ1) is 21.8. The van der Waals surface area contributed by atoms with Gasteiger partial charge in [-0.25, -0.2) is 0 Å². The third kappa shape index (κ3) is 17.0. The second kappa shape index (κ2) is 15.7. The van der Waals surface area contributed by atoms with Crippen molar-refractivity contribution in [2.45, 2.75) is 58.3 Å². The van der Waals surface area contributed by atoms with E-state index in [9.17, 15) is 9.46 Å². The second-order valence-electron chi connectivity index (χ2n) is 4.98. The van der Waals surface area contributed by atoms with Crippen molar-refractivity contribution < 1.29 is 19.1 Å². The fourth-order valence-electron chi connectivity index (χ4n) is 1.66. The van der Waals surface area contributed by atoms with E-state index in [1.54, 1.807) is 6.92 Å². The molecule has 0 spiro atoms. The van der Waals surface area contributed by atoms with Crippen LogP contribution < -0.4 is 0 Å². The first-order chi connectivity index (χ1) is 10.1. The summed E-state index contributed by atoms with van der Waals surface area (Å²) in [6.45, 7) is 2.39. The van der Waals surface area contributed by atoms with E-state index in [1.165, 1.54) is 30.8 Å². The molecule has 2 N–H and O–H groups in total. The van der Waals surface area contributed by atoms with Crippen molar-refractivity contribution in [2.24, 2.45) is 0 Å². The van der Waals surface area contributed by atoms with Crippen LogP contribution in [0.15, 0.2) is 0 Å². The highest BCUT2D eigenvalue weighted by molar-refractivity contribution is 8.76. The molecule has 21 heavy (non-hydrogen) atoms. The third-order valence-corrected chi connectivity index (χ3v) is 7.00. The molecule has 0 rings (SSSR count). The molecule has 7 heteroatoms. The van der Waals surface area contributed by atoms with Gasteiger partial charge in [0.25, 0.3) is 0 Å². The minimum atomic E-state index is -3.28. The molecule has 1 unspecified atom stereocenters. The number of hydrogen-bond acceptors (Lipinski definition) is 5. The van der Waals surface area contributed by atoms with Crippen molar-refractivity contribution in [2.75, 3.05) is 30.9 Å². The van der Waals surface area contributed by atoms with Crippen LogP contribution in [0.3, 0.4) is 0 Å². The Balaban J connectivity index is 3.08. The lowest BCUT2D eigenvalue weighted by Gasteiger charge is -2.09. The van der Waals surface area contributed by atoms with Crippen LogP contribution in [-0.4, -0.2) is 40.9 Å². The van der Waals surface area contributed by atoms with E-state index >= 15 is 0 Å². The predicted octanol–water partition coefficient (Wildman–Crippen LogP) is 4.70. The minimum absolute atomic E-state index is 0.195. The molecule has 0 aliphatic heterocycles. The minimum Gasteiger partial charge on any atom is -0.396 e. The summed E-state index contributed by atoms with van der Waals surface area (Å²) in [6.07, 6.45) is 9.04. The van der Waals surface area contributed by atoms with Gasteiger partial charge in [-0.2, -0.15) is 0 Å².